The number of hydrogen-bond donors (Lipinski definition) is 1. The summed E-state index contributed by atoms with van der Waals surface area (Å²) in [5.74, 6) is -0.120. The normalized spacial score (nSPS) is 11.7. The Morgan fingerprint density at radius 3 is 1.22 bits per heavy atom. The van der Waals surface area contributed by atoms with E-state index in [1.165, 1.54) is 15.9 Å². The van der Waals surface area contributed by atoms with Crippen LogP contribution in [0.3, 0.4) is 0 Å². The highest BCUT2D eigenvalue weighted by Gasteiger charge is 2.50. The number of rotatable bonds is 7. The van der Waals surface area contributed by atoms with E-state index in [2.05, 4.69) is 96.3 Å². The zero-order chi connectivity index (χ0) is 29.1. The molecule has 0 aliphatic carbocycles. The third kappa shape index (κ3) is 7.97. The third-order valence-electron chi connectivity index (χ3n) is 6.17. The van der Waals surface area contributed by atoms with Crippen LogP contribution < -0.4 is 39.9 Å². The van der Waals surface area contributed by atoms with Gasteiger partial charge in [-0.3, -0.25) is 10.1 Å². The second-order valence-electron chi connectivity index (χ2n) is 8.82. The number of hydrogen-bond acceptors (Lipinski definition) is 5. The predicted molar refractivity (Wildman–Crippen MR) is 153 cm³/mol. The number of nitrogens with one attached hydrogen (secondary N) is 1. The molecule has 5 rings (SSSR count). The summed E-state index contributed by atoms with van der Waals surface area (Å²) in [5, 5.41) is 6.93. The topological polar surface area (TPSA) is 121 Å². The first kappa shape index (κ1) is 29.8. The molecule has 0 aliphatic rings. The van der Waals surface area contributed by atoms with E-state index in [9.17, 15) is 4.79 Å². The molecule has 5 aromatic rings. The molecule has 1 amide bonds. The Morgan fingerprint density at radius 2 is 0.854 bits per heavy atom. The summed E-state index contributed by atoms with van der Waals surface area (Å²) < 4.78 is 34.0. The van der Waals surface area contributed by atoms with Crippen LogP contribution in [0.1, 0.15) is 15.9 Å². The molecular formula is C33H27ClNO5P. The molecule has 0 aromatic heterocycles. The van der Waals surface area contributed by atoms with Gasteiger partial charge in [0.15, 0.2) is 12.7 Å². The van der Waals surface area contributed by atoms with Gasteiger partial charge in [-0.05, 0) is 54.1 Å². The molecule has 0 atom stereocenters. The van der Waals surface area contributed by atoms with Crippen LogP contribution >= 0.6 is 7.26 Å². The van der Waals surface area contributed by atoms with Crippen LogP contribution in [0, 0.1) is 10.2 Å². The lowest BCUT2D eigenvalue weighted by atomic mass is 10.2. The van der Waals surface area contributed by atoms with E-state index >= 15 is 0 Å². The van der Waals surface area contributed by atoms with Crippen LogP contribution in [0.25, 0.3) is 6.08 Å². The smallest absolute Gasteiger partial charge is 0.258 e. The first-order valence-electron chi connectivity index (χ1n) is 12.6. The second kappa shape index (κ2) is 14.0. The molecule has 0 saturated carbocycles. The Morgan fingerprint density at radius 1 is 0.537 bits per heavy atom. The van der Waals surface area contributed by atoms with Crippen LogP contribution in [0.2, 0.25) is 0 Å². The van der Waals surface area contributed by atoms with Gasteiger partial charge in [-0.1, -0.05) is 103 Å². The summed E-state index contributed by atoms with van der Waals surface area (Å²) in [4.78, 5) is 13.7. The van der Waals surface area contributed by atoms with Gasteiger partial charge in [-0.2, -0.15) is 0 Å². The van der Waals surface area contributed by atoms with Crippen molar-refractivity contribution in [3.05, 3.63) is 168 Å². The van der Waals surface area contributed by atoms with Crippen molar-refractivity contribution in [2.75, 3.05) is 0 Å². The van der Waals surface area contributed by atoms with Crippen molar-refractivity contribution in [3.63, 3.8) is 0 Å². The number of carbonyl (C=O) groups excluding carboxylic acids is 1. The molecule has 0 saturated heterocycles. The average Bonchev–Trinajstić information content (AvgIpc) is 2.99. The van der Waals surface area contributed by atoms with Crippen LogP contribution in [-0.4, -0.2) is 5.91 Å². The minimum Gasteiger partial charge on any atom is -0.292 e. The van der Waals surface area contributed by atoms with Gasteiger partial charge in [0.1, 0.15) is 15.9 Å². The molecule has 0 spiro atoms. The summed E-state index contributed by atoms with van der Waals surface area (Å²) in [6.45, 7) is 0. The minimum atomic E-state index is -4.94. The van der Waals surface area contributed by atoms with Crippen molar-refractivity contribution in [1.29, 1.82) is 0 Å². The Hall–Kier alpha value is -4.13. The molecule has 6 nitrogen and oxygen atoms in total. The lowest BCUT2D eigenvalue weighted by Gasteiger charge is -2.29. The Kier molecular flexibility index (Phi) is 10.2. The molecule has 0 radical (unpaired) electrons. The van der Waals surface area contributed by atoms with Gasteiger partial charge in [0, 0.05) is 11.6 Å². The standard InChI is InChI=1S/C33H26NOP.ClHO4/c35-33(28-18-8-2-9-19-28)34-32(26-27-16-6-1-7-17-27)36(29-20-10-3-11-21-29,30-22-12-4-13-23-30)31-24-14-5-15-25-31;2-1(3,4)5/h1-26H;(H,2,3,4,5). The van der Waals surface area contributed by atoms with Gasteiger partial charge in [0.2, 0.25) is 0 Å². The predicted octanol–water partition coefficient (Wildman–Crippen LogP) is 1.65. The highest BCUT2D eigenvalue weighted by atomic mass is 35.7. The van der Waals surface area contributed by atoms with Crippen LogP contribution in [-0.2, 0) is 0 Å². The van der Waals surface area contributed by atoms with Crippen molar-refractivity contribution in [1.82, 2.24) is 5.32 Å². The van der Waals surface area contributed by atoms with Crippen LogP contribution in [0.5, 0.6) is 0 Å². The number of benzene rings is 5. The van der Waals surface area contributed by atoms with Gasteiger partial charge < -0.3 is 0 Å². The zero-order valence-electron chi connectivity index (χ0n) is 21.9. The fraction of sp³-hybridized carbons (Fsp3) is 0. The largest absolute Gasteiger partial charge is 0.292 e. The maximum absolute atomic E-state index is 13.7. The molecule has 41 heavy (non-hydrogen) atoms. The van der Waals surface area contributed by atoms with Crippen LogP contribution in [0.15, 0.2) is 157 Å². The molecule has 0 bridgehead atoms. The molecule has 5 aromatic carbocycles. The van der Waals surface area contributed by atoms with E-state index in [1.54, 1.807) is 0 Å². The fourth-order valence-corrected chi connectivity index (χ4v) is 8.72. The van der Waals surface area contributed by atoms with Crippen molar-refractivity contribution in [3.8, 4) is 0 Å². The SMILES string of the molecule is O=C(NC(=Cc1ccccc1)[P+](c1ccccc1)(c1ccccc1)c1ccccc1)c1ccccc1.[O-][Cl+3]([O-])([O-])[O-]. The molecule has 1 N–H and O–H groups in total. The van der Waals surface area contributed by atoms with E-state index in [1.807, 2.05) is 66.7 Å². The summed E-state index contributed by atoms with van der Waals surface area (Å²) in [5.41, 5.74) is 2.56. The second-order valence-corrected chi connectivity index (χ2v) is 12.9. The number of amides is 1. The monoisotopic (exact) mass is 583 g/mol. The van der Waals surface area contributed by atoms with E-state index in [0.29, 0.717) is 5.56 Å². The third-order valence-corrected chi connectivity index (χ3v) is 10.4. The maximum Gasteiger partial charge on any atom is 0.258 e. The summed E-state index contributed by atoms with van der Waals surface area (Å²) in [6, 6.07) is 51.3. The van der Waals surface area contributed by atoms with E-state index in [4.69, 9.17) is 18.6 Å². The number of halogens is 1. The molecule has 8 heteroatoms. The number of carbonyl (C=O) groups is 1. The molecular weight excluding hydrogens is 557 g/mol. The summed E-state index contributed by atoms with van der Waals surface area (Å²) in [6.07, 6.45) is 2.14. The molecule has 0 aliphatic heterocycles. The summed E-state index contributed by atoms with van der Waals surface area (Å²) >= 11 is 0. The van der Waals surface area contributed by atoms with Gasteiger partial charge in [-0.25, -0.2) is 18.6 Å². The Balaban J connectivity index is 0.000000714. The van der Waals surface area contributed by atoms with Gasteiger partial charge in [0.25, 0.3) is 5.91 Å². The van der Waals surface area contributed by atoms with Crippen molar-refractivity contribution in [2.24, 2.45) is 0 Å². The van der Waals surface area contributed by atoms with E-state index in [0.717, 1.165) is 11.0 Å². The first-order valence-corrected chi connectivity index (χ1v) is 15.6. The lowest BCUT2D eigenvalue weighted by molar-refractivity contribution is -2.00. The highest BCUT2D eigenvalue weighted by molar-refractivity contribution is 7.99. The first-order chi connectivity index (χ1) is 19.8. The quantitative estimate of drug-likeness (QED) is 0.292. The lowest BCUT2D eigenvalue weighted by Crippen LogP contribution is -2.68. The van der Waals surface area contributed by atoms with E-state index < -0.39 is 17.5 Å². The fourth-order valence-electron chi connectivity index (χ4n) is 4.52. The van der Waals surface area contributed by atoms with Crippen molar-refractivity contribution < 1.29 is 33.7 Å². The minimum absolute atomic E-state index is 0.120. The van der Waals surface area contributed by atoms with Gasteiger partial charge in [-0.15, -0.1) is 10.2 Å². The molecule has 0 heterocycles. The van der Waals surface area contributed by atoms with Crippen LogP contribution in [0.4, 0.5) is 0 Å². The van der Waals surface area contributed by atoms with Gasteiger partial charge in [0.05, 0.1) is 0 Å². The van der Waals surface area contributed by atoms with Crippen molar-refractivity contribution >= 4 is 35.2 Å². The zero-order valence-corrected chi connectivity index (χ0v) is 23.5. The Labute approximate surface area is 242 Å². The van der Waals surface area contributed by atoms with Crippen molar-refractivity contribution in [2.45, 2.75) is 0 Å². The maximum atomic E-state index is 13.7. The molecule has 0 unspecified atom stereocenters. The molecule has 0 fully saturated rings. The summed E-state index contributed by atoms with van der Waals surface area (Å²) in [7, 11) is -7.42. The molecule has 206 valence electrons. The Bertz CT molecular complexity index is 1440. The van der Waals surface area contributed by atoms with E-state index in [-0.39, 0.29) is 5.91 Å². The highest BCUT2D eigenvalue weighted by Crippen LogP contribution is 2.61. The van der Waals surface area contributed by atoms with Gasteiger partial charge >= 0.3 is 0 Å². The average molecular weight is 584 g/mol.